The summed E-state index contributed by atoms with van der Waals surface area (Å²) in [5.41, 5.74) is 0. The van der Waals surface area contributed by atoms with Crippen molar-refractivity contribution in [1.82, 2.24) is 0 Å². The van der Waals surface area contributed by atoms with E-state index in [4.69, 9.17) is 5.11 Å². The van der Waals surface area contributed by atoms with E-state index in [9.17, 15) is 19.8 Å². The summed E-state index contributed by atoms with van der Waals surface area (Å²) in [7, 11) is 0. The van der Waals surface area contributed by atoms with Gasteiger partial charge in [-0.1, -0.05) is 57.6 Å². The maximum Gasteiger partial charge on any atom is 0.303 e. The van der Waals surface area contributed by atoms with Crippen LogP contribution in [0, 0.1) is 11.8 Å². The highest BCUT2D eigenvalue weighted by Gasteiger charge is 2.39. The van der Waals surface area contributed by atoms with Crippen molar-refractivity contribution in [3.8, 4) is 0 Å². The van der Waals surface area contributed by atoms with Crippen LogP contribution in [0.4, 0.5) is 0 Å². The molecular weight excluding hydrogens is 320 g/mol. The highest BCUT2D eigenvalue weighted by atomic mass is 16.4. The fourth-order valence-electron chi connectivity index (χ4n) is 3.54. The molecule has 0 spiro atoms. The number of aliphatic carboxylic acids is 1. The van der Waals surface area contributed by atoms with Crippen molar-refractivity contribution in [2.45, 2.75) is 89.8 Å². The Morgan fingerprint density at radius 1 is 1.20 bits per heavy atom. The van der Waals surface area contributed by atoms with E-state index >= 15 is 0 Å². The second-order valence-electron chi connectivity index (χ2n) is 7.22. The largest absolute Gasteiger partial charge is 0.481 e. The molecule has 4 atom stereocenters. The molecule has 0 radical (unpaired) electrons. The molecule has 144 valence electrons. The molecule has 0 aromatic heterocycles. The molecule has 0 aromatic carbocycles. The minimum atomic E-state index is -0.763. The number of aliphatic hydroxyl groups is 2. The molecule has 5 nitrogen and oxygen atoms in total. The Bertz CT molecular complexity index is 432. The number of Topliss-reactive ketones (excluding diaryl/α,β-unsaturated/α-hetero) is 1. The van der Waals surface area contributed by atoms with Crippen LogP contribution in [0.3, 0.4) is 0 Å². The van der Waals surface area contributed by atoms with Crippen LogP contribution in [-0.2, 0) is 9.59 Å². The summed E-state index contributed by atoms with van der Waals surface area (Å²) in [5.74, 6) is -0.900. The molecule has 0 heterocycles. The summed E-state index contributed by atoms with van der Waals surface area (Å²) in [6, 6.07) is 0. The van der Waals surface area contributed by atoms with E-state index in [0.29, 0.717) is 12.8 Å². The zero-order chi connectivity index (χ0) is 18.7. The molecule has 0 saturated heterocycles. The summed E-state index contributed by atoms with van der Waals surface area (Å²) in [6.07, 6.45) is 10.7. The highest BCUT2D eigenvalue weighted by molar-refractivity contribution is 5.84. The number of carbonyl (C=O) groups excluding carboxylic acids is 1. The highest BCUT2D eigenvalue weighted by Crippen LogP contribution is 2.34. The van der Waals surface area contributed by atoms with Crippen LogP contribution in [0.5, 0.6) is 0 Å². The van der Waals surface area contributed by atoms with Crippen LogP contribution in [0.1, 0.15) is 77.6 Å². The first-order valence-electron chi connectivity index (χ1n) is 9.74. The molecule has 1 saturated carbocycles. The number of carbonyl (C=O) groups is 2. The number of unbranched alkanes of at least 4 members (excludes halogenated alkanes) is 5. The predicted molar refractivity (Wildman–Crippen MR) is 97.2 cm³/mol. The van der Waals surface area contributed by atoms with Crippen molar-refractivity contribution in [1.29, 1.82) is 0 Å². The van der Waals surface area contributed by atoms with E-state index < -0.39 is 18.2 Å². The number of hydrogen-bond donors (Lipinski definition) is 3. The van der Waals surface area contributed by atoms with Crippen molar-refractivity contribution in [3.05, 3.63) is 12.2 Å². The summed E-state index contributed by atoms with van der Waals surface area (Å²) < 4.78 is 0. The molecule has 0 bridgehead atoms. The minimum absolute atomic E-state index is 0.110. The third kappa shape index (κ3) is 8.63. The smallest absolute Gasteiger partial charge is 0.303 e. The van der Waals surface area contributed by atoms with Gasteiger partial charge in [0.2, 0.25) is 0 Å². The second-order valence-corrected chi connectivity index (χ2v) is 7.22. The lowest BCUT2D eigenvalue weighted by Gasteiger charge is -2.18. The molecule has 1 aliphatic rings. The van der Waals surface area contributed by atoms with Crippen LogP contribution < -0.4 is 0 Å². The van der Waals surface area contributed by atoms with Crippen LogP contribution in [-0.4, -0.2) is 39.3 Å². The molecule has 0 aromatic rings. The lowest BCUT2D eigenvalue weighted by molar-refractivity contribution is -0.137. The lowest BCUT2D eigenvalue weighted by atomic mass is 9.88. The number of ketones is 1. The van der Waals surface area contributed by atoms with Gasteiger partial charge in [0.1, 0.15) is 5.78 Å². The molecule has 25 heavy (non-hydrogen) atoms. The van der Waals surface area contributed by atoms with Gasteiger partial charge in [-0.25, -0.2) is 0 Å². The number of hydrogen-bond acceptors (Lipinski definition) is 4. The molecule has 3 N–H and O–H groups in total. The summed E-state index contributed by atoms with van der Waals surface area (Å²) in [6.45, 7) is 2.13. The second kappa shape index (κ2) is 12.2. The number of carboxylic acids is 1. The maximum atomic E-state index is 12.1. The third-order valence-corrected chi connectivity index (χ3v) is 5.05. The minimum Gasteiger partial charge on any atom is -0.481 e. The van der Waals surface area contributed by atoms with Crippen molar-refractivity contribution in [2.24, 2.45) is 11.8 Å². The molecule has 5 heteroatoms. The molecule has 1 fully saturated rings. The predicted octanol–water partition coefficient (Wildman–Crippen LogP) is 3.48. The average molecular weight is 354 g/mol. The van der Waals surface area contributed by atoms with Gasteiger partial charge in [-0.2, -0.15) is 0 Å². The fourth-order valence-corrected chi connectivity index (χ4v) is 3.54. The van der Waals surface area contributed by atoms with Crippen LogP contribution in [0.15, 0.2) is 12.2 Å². The van der Waals surface area contributed by atoms with Gasteiger partial charge in [-0.15, -0.1) is 0 Å². The first-order valence-corrected chi connectivity index (χ1v) is 9.74. The molecular formula is C20H34O5. The Labute approximate surface area is 151 Å². The van der Waals surface area contributed by atoms with Crippen LogP contribution in [0.2, 0.25) is 0 Å². The van der Waals surface area contributed by atoms with Gasteiger partial charge in [0.05, 0.1) is 12.2 Å². The molecule has 0 amide bonds. The van der Waals surface area contributed by atoms with Gasteiger partial charge in [0, 0.05) is 24.7 Å². The van der Waals surface area contributed by atoms with Crippen molar-refractivity contribution >= 4 is 11.8 Å². The topological polar surface area (TPSA) is 94.8 Å². The zero-order valence-corrected chi connectivity index (χ0v) is 15.4. The van der Waals surface area contributed by atoms with E-state index in [1.165, 1.54) is 0 Å². The number of aliphatic hydroxyl groups excluding tert-OH is 2. The number of carboxylic acid groups (broad SMARTS) is 1. The number of rotatable bonds is 13. The van der Waals surface area contributed by atoms with Gasteiger partial charge in [-0.05, 0) is 19.3 Å². The average Bonchev–Trinajstić information content (AvgIpc) is 2.82. The first kappa shape index (κ1) is 21.8. The summed E-state index contributed by atoms with van der Waals surface area (Å²) in [5, 5.41) is 28.7. The standard InChI is InChI=1S/C20H34O5/c1-2-3-6-10-16-17(19(23)14-18(16)22)13-12-15(21)9-7-4-5-8-11-20(24)25/h12-13,15-17,19,21,23H,2-11,14H2,1H3,(H,24,25)/b13-12+/t15-,16+,17-,19-/m0/s1. The Hall–Kier alpha value is -1.20. The Balaban J connectivity index is 2.33. The van der Waals surface area contributed by atoms with Gasteiger partial charge in [0.25, 0.3) is 0 Å². The van der Waals surface area contributed by atoms with Crippen LogP contribution >= 0.6 is 0 Å². The quantitative estimate of drug-likeness (QED) is 0.348. The maximum absolute atomic E-state index is 12.1. The Kier molecular flexibility index (Phi) is 10.7. The fraction of sp³-hybridized carbons (Fsp3) is 0.800. The molecule has 1 aliphatic carbocycles. The van der Waals surface area contributed by atoms with Crippen molar-refractivity contribution in [3.63, 3.8) is 0 Å². The van der Waals surface area contributed by atoms with Gasteiger partial charge in [-0.3, -0.25) is 9.59 Å². The van der Waals surface area contributed by atoms with Gasteiger partial charge < -0.3 is 15.3 Å². The molecule has 0 unspecified atom stereocenters. The summed E-state index contributed by atoms with van der Waals surface area (Å²) >= 11 is 0. The summed E-state index contributed by atoms with van der Waals surface area (Å²) in [4.78, 5) is 22.5. The molecule has 0 aliphatic heterocycles. The first-order chi connectivity index (χ1) is 12.0. The lowest BCUT2D eigenvalue weighted by Crippen LogP contribution is -2.19. The third-order valence-electron chi connectivity index (χ3n) is 5.05. The van der Waals surface area contributed by atoms with Gasteiger partial charge in [0.15, 0.2) is 0 Å². The van der Waals surface area contributed by atoms with E-state index in [0.717, 1.165) is 44.9 Å². The van der Waals surface area contributed by atoms with E-state index in [2.05, 4.69) is 6.92 Å². The van der Waals surface area contributed by atoms with E-state index in [1.54, 1.807) is 6.08 Å². The van der Waals surface area contributed by atoms with Crippen molar-refractivity contribution in [2.75, 3.05) is 0 Å². The van der Waals surface area contributed by atoms with Gasteiger partial charge >= 0.3 is 5.97 Å². The normalized spacial score (nSPS) is 24.9. The van der Waals surface area contributed by atoms with Crippen molar-refractivity contribution < 1.29 is 24.9 Å². The van der Waals surface area contributed by atoms with E-state index in [1.807, 2.05) is 6.08 Å². The molecule has 1 rings (SSSR count). The monoisotopic (exact) mass is 354 g/mol. The zero-order valence-electron chi connectivity index (χ0n) is 15.4. The Morgan fingerprint density at radius 3 is 2.60 bits per heavy atom. The van der Waals surface area contributed by atoms with Crippen LogP contribution in [0.25, 0.3) is 0 Å². The Morgan fingerprint density at radius 2 is 1.92 bits per heavy atom. The van der Waals surface area contributed by atoms with E-state index in [-0.39, 0.29) is 30.5 Å². The SMILES string of the molecule is CCCCC[C@H]1C(=O)C[C@H](O)[C@H]1/C=C/[C@@H](O)CCCCCCC(=O)O.